The molecule has 4 nitrogen and oxygen atoms in total. The van der Waals surface area contributed by atoms with Gasteiger partial charge in [-0.1, -0.05) is 133 Å². The summed E-state index contributed by atoms with van der Waals surface area (Å²) in [5.41, 5.74) is 8.72. The Kier molecular flexibility index (Phi) is 6.35. The monoisotopic (exact) mass is 606 g/mol. The minimum absolute atomic E-state index is 0.640. The molecule has 1 aliphatic rings. The Balaban J connectivity index is 1.24. The first-order valence-corrected chi connectivity index (χ1v) is 16.1. The van der Waals surface area contributed by atoms with Crippen molar-refractivity contribution >= 4 is 45.7 Å². The summed E-state index contributed by atoms with van der Waals surface area (Å²) < 4.78 is 2.36. The first kappa shape index (κ1) is 26.6. The summed E-state index contributed by atoms with van der Waals surface area (Å²) in [5, 5.41) is 2.49. The van der Waals surface area contributed by atoms with E-state index < -0.39 is 0 Å². The molecule has 9 rings (SSSR count). The Morgan fingerprint density at radius 2 is 1.09 bits per heavy atom. The SMILES string of the molecule is C1=Cc2c(ccc3c2c2ccccc2n3-c2cccc(-c3nc(-c4ccccc4)nc(-c4ccccc4)n3)c2)Sc2ccccc21. The van der Waals surface area contributed by atoms with Gasteiger partial charge in [-0.15, -0.1) is 0 Å². The van der Waals surface area contributed by atoms with Crippen molar-refractivity contribution in [2.24, 2.45) is 0 Å². The Bertz CT molecular complexity index is 2390. The lowest BCUT2D eigenvalue weighted by atomic mass is 10.0. The van der Waals surface area contributed by atoms with Crippen LogP contribution in [0, 0.1) is 0 Å². The molecule has 0 bridgehead atoms. The zero-order chi connectivity index (χ0) is 30.5. The van der Waals surface area contributed by atoms with Crippen LogP contribution in [0.3, 0.4) is 0 Å². The molecule has 216 valence electrons. The Labute approximate surface area is 270 Å². The predicted octanol–water partition coefficient (Wildman–Crippen LogP) is 10.6. The Morgan fingerprint density at radius 1 is 0.457 bits per heavy atom. The van der Waals surface area contributed by atoms with E-state index in [2.05, 4.69) is 102 Å². The molecule has 0 aliphatic carbocycles. The smallest absolute Gasteiger partial charge is 0.164 e. The van der Waals surface area contributed by atoms with Crippen LogP contribution in [0.1, 0.15) is 11.1 Å². The molecule has 0 spiro atoms. The third-order valence-electron chi connectivity index (χ3n) is 8.47. The van der Waals surface area contributed by atoms with Crippen molar-refractivity contribution in [3.05, 3.63) is 157 Å². The molecular formula is C41H26N4S. The highest BCUT2D eigenvalue weighted by Crippen LogP contribution is 2.44. The average Bonchev–Trinajstić information content (AvgIpc) is 3.34. The van der Waals surface area contributed by atoms with Gasteiger partial charge in [-0.3, -0.25) is 0 Å². The second-order valence-corrected chi connectivity index (χ2v) is 12.4. The van der Waals surface area contributed by atoms with E-state index in [0.29, 0.717) is 17.5 Å². The minimum atomic E-state index is 0.640. The van der Waals surface area contributed by atoms with Gasteiger partial charge in [0.2, 0.25) is 0 Å². The molecule has 0 N–H and O–H groups in total. The molecule has 46 heavy (non-hydrogen) atoms. The standard InChI is InChI=1S/C41H26N4S/c1-3-13-28(14-4-1)39-42-40(29-15-5-2-6-16-29)44-41(43-39)30-17-11-18-31(26-30)45-34-20-9-8-19-32(34)38-33-23-22-27-12-7-10-21-36(27)46-37(33)25-24-35(38)45/h1-26H. The van der Waals surface area contributed by atoms with E-state index in [0.717, 1.165) is 27.9 Å². The van der Waals surface area contributed by atoms with Crippen LogP contribution >= 0.6 is 11.8 Å². The highest BCUT2D eigenvalue weighted by molar-refractivity contribution is 7.99. The van der Waals surface area contributed by atoms with Gasteiger partial charge >= 0.3 is 0 Å². The zero-order valence-electron chi connectivity index (χ0n) is 24.7. The largest absolute Gasteiger partial charge is 0.309 e. The number of hydrogen-bond donors (Lipinski definition) is 0. The van der Waals surface area contributed by atoms with E-state index in [1.807, 2.05) is 72.4 Å². The van der Waals surface area contributed by atoms with Crippen LogP contribution in [0.15, 0.2) is 155 Å². The summed E-state index contributed by atoms with van der Waals surface area (Å²) in [7, 11) is 0. The van der Waals surface area contributed by atoms with Crippen molar-refractivity contribution in [3.8, 4) is 39.9 Å². The second kappa shape index (κ2) is 11.0. The molecule has 8 aromatic rings. The van der Waals surface area contributed by atoms with Gasteiger partial charge in [0.1, 0.15) is 0 Å². The normalized spacial score (nSPS) is 12.2. The maximum absolute atomic E-state index is 4.99. The van der Waals surface area contributed by atoms with Crippen LogP contribution in [0.4, 0.5) is 0 Å². The maximum atomic E-state index is 4.99. The molecule has 0 fully saturated rings. The lowest BCUT2D eigenvalue weighted by Crippen LogP contribution is -2.01. The van der Waals surface area contributed by atoms with Crippen LogP contribution < -0.4 is 0 Å². The Morgan fingerprint density at radius 3 is 1.85 bits per heavy atom. The molecular weight excluding hydrogens is 581 g/mol. The molecule has 0 atom stereocenters. The van der Waals surface area contributed by atoms with Crippen molar-refractivity contribution in [3.63, 3.8) is 0 Å². The summed E-state index contributed by atoms with van der Waals surface area (Å²) in [6.45, 7) is 0. The van der Waals surface area contributed by atoms with Crippen molar-refractivity contribution in [2.45, 2.75) is 9.79 Å². The van der Waals surface area contributed by atoms with Gasteiger partial charge in [-0.25, -0.2) is 15.0 Å². The van der Waals surface area contributed by atoms with Gasteiger partial charge in [-0.2, -0.15) is 0 Å². The predicted molar refractivity (Wildman–Crippen MR) is 190 cm³/mol. The van der Waals surface area contributed by atoms with Crippen LogP contribution in [0.2, 0.25) is 0 Å². The topological polar surface area (TPSA) is 43.6 Å². The van der Waals surface area contributed by atoms with Crippen molar-refractivity contribution in [2.75, 3.05) is 0 Å². The highest BCUT2D eigenvalue weighted by atomic mass is 32.2. The van der Waals surface area contributed by atoms with Gasteiger partial charge in [0.25, 0.3) is 0 Å². The molecule has 0 saturated heterocycles. The van der Waals surface area contributed by atoms with Crippen molar-refractivity contribution in [1.29, 1.82) is 0 Å². The number of hydrogen-bond acceptors (Lipinski definition) is 4. The second-order valence-electron chi connectivity index (χ2n) is 11.3. The third kappa shape index (κ3) is 4.52. The fourth-order valence-electron chi connectivity index (χ4n) is 6.33. The third-order valence-corrected chi connectivity index (χ3v) is 9.64. The summed E-state index contributed by atoms with van der Waals surface area (Å²) >= 11 is 1.84. The van der Waals surface area contributed by atoms with Crippen molar-refractivity contribution in [1.82, 2.24) is 19.5 Å². The maximum Gasteiger partial charge on any atom is 0.164 e. The highest BCUT2D eigenvalue weighted by Gasteiger charge is 2.20. The lowest BCUT2D eigenvalue weighted by molar-refractivity contribution is 1.07. The molecule has 0 radical (unpaired) electrons. The number of para-hydroxylation sites is 1. The van der Waals surface area contributed by atoms with Crippen LogP contribution in [0.5, 0.6) is 0 Å². The molecule has 5 heteroatoms. The van der Waals surface area contributed by atoms with E-state index in [9.17, 15) is 0 Å². The summed E-state index contributed by atoms with van der Waals surface area (Å²) in [5.74, 6) is 1.95. The van der Waals surface area contributed by atoms with Crippen LogP contribution in [-0.4, -0.2) is 19.5 Å². The molecule has 6 aromatic carbocycles. The molecule has 0 amide bonds. The van der Waals surface area contributed by atoms with E-state index in [1.54, 1.807) is 0 Å². The van der Waals surface area contributed by atoms with Crippen LogP contribution in [0.25, 0.3) is 73.8 Å². The number of rotatable bonds is 4. The van der Waals surface area contributed by atoms with E-state index >= 15 is 0 Å². The first-order valence-electron chi connectivity index (χ1n) is 15.3. The zero-order valence-corrected chi connectivity index (χ0v) is 25.5. The molecule has 0 saturated carbocycles. The van der Waals surface area contributed by atoms with Gasteiger partial charge in [0.15, 0.2) is 17.5 Å². The first-order chi connectivity index (χ1) is 22.8. The van der Waals surface area contributed by atoms with Gasteiger partial charge in [0.05, 0.1) is 11.0 Å². The fraction of sp³-hybridized carbons (Fsp3) is 0. The number of aromatic nitrogens is 4. The molecule has 2 aromatic heterocycles. The van der Waals surface area contributed by atoms with Crippen LogP contribution in [-0.2, 0) is 0 Å². The number of fused-ring (bicyclic) bond motifs is 6. The number of nitrogens with zero attached hydrogens (tertiary/aromatic N) is 4. The average molecular weight is 607 g/mol. The molecule has 1 aliphatic heterocycles. The van der Waals surface area contributed by atoms with E-state index in [-0.39, 0.29) is 0 Å². The van der Waals surface area contributed by atoms with Gasteiger partial charge < -0.3 is 4.57 Å². The van der Waals surface area contributed by atoms with E-state index in [1.165, 1.54) is 37.2 Å². The Hall–Kier alpha value is -5.78. The van der Waals surface area contributed by atoms with Gasteiger partial charge in [-0.05, 0) is 47.5 Å². The fourth-order valence-corrected chi connectivity index (χ4v) is 7.38. The quantitative estimate of drug-likeness (QED) is 0.200. The molecule has 0 unspecified atom stereocenters. The number of benzene rings is 6. The summed E-state index contributed by atoms with van der Waals surface area (Å²) in [4.78, 5) is 17.4. The lowest BCUT2D eigenvalue weighted by Gasteiger charge is -2.12. The molecule has 3 heterocycles. The van der Waals surface area contributed by atoms with Crippen molar-refractivity contribution < 1.29 is 0 Å². The van der Waals surface area contributed by atoms with Gasteiger partial charge in [0, 0.05) is 42.9 Å². The minimum Gasteiger partial charge on any atom is -0.309 e. The summed E-state index contributed by atoms with van der Waals surface area (Å²) in [6.07, 6.45) is 4.53. The summed E-state index contributed by atoms with van der Waals surface area (Å²) in [6, 6.07) is 50.6. The van der Waals surface area contributed by atoms with E-state index in [4.69, 9.17) is 15.0 Å².